The van der Waals surface area contributed by atoms with Crippen molar-refractivity contribution in [1.29, 1.82) is 0 Å². The normalized spacial score (nSPS) is 15.5. The van der Waals surface area contributed by atoms with Gasteiger partial charge in [-0.15, -0.1) is 0 Å². The SMILES string of the molecule is CC(OC(=O)c1ccc2c(c1)C(=O)N(c1ccc(F)cc1)C2=O)C(=O)N1CCc2ccccc2C1. The maximum atomic E-state index is 13.3. The van der Waals surface area contributed by atoms with Crippen LogP contribution in [0.1, 0.15) is 49.1 Å². The summed E-state index contributed by atoms with van der Waals surface area (Å²) in [7, 11) is 0. The fourth-order valence-corrected chi connectivity index (χ4v) is 4.41. The Balaban J connectivity index is 1.29. The summed E-state index contributed by atoms with van der Waals surface area (Å²) < 4.78 is 18.7. The minimum atomic E-state index is -1.02. The van der Waals surface area contributed by atoms with Crippen LogP contribution in [-0.2, 0) is 22.5 Å². The van der Waals surface area contributed by atoms with Gasteiger partial charge in [-0.3, -0.25) is 14.4 Å². The summed E-state index contributed by atoms with van der Waals surface area (Å²) in [6, 6.07) is 16.9. The number of hydrogen-bond donors (Lipinski definition) is 0. The smallest absolute Gasteiger partial charge is 0.338 e. The number of carbonyl (C=O) groups excluding carboxylic acids is 4. The van der Waals surface area contributed by atoms with Crippen molar-refractivity contribution in [2.75, 3.05) is 11.4 Å². The summed E-state index contributed by atoms with van der Waals surface area (Å²) in [5.74, 6) is -2.75. The third kappa shape index (κ3) is 4.07. The Morgan fingerprint density at radius 1 is 0.914 bits per heavy atom. The molecule has 0 bridgehead atoms. The number of nitrogens with zero attached hydrogens (tertiary/aromatic N) is 2. The van der Waals surface area contributed by atoms with E-state index in [2.05, 4.69) is 0 Å². The monoisotopic (exact) mass is 472 g/mol. The molecule has 5 rings (SSSR count). The number of ether oxygens (including phenoxy) is 1. The second-order valence-corrected chi connectivity index (χ2v) is 8.51. The first-order chi connectivity index (χ1) is 16.8. The average Bonchev–Trinajstić information content (AvgIpc) is 3.13. The molecular weight excluding hydrogens is 451 g/mol. The highest BCUT2D eigenvalue weighted by atomic mass is 19.1. The standard InChI is InChI=1S/C27H21FN2O5/c1-16(24(31)29-13-12-17-4-2-3-5-19(17)15-29)35-27(34)18-6-11-22-23(14-18)26(33)30(25(22)32)21-9-7-20(28)8-10-21/h2-11,14,16H,12-13,15H2,1H3. The molecule has 1 atom stereocenters. The molecule has 2 aliphatic rings. The van der Waals surface area contributed by atoms with E-state index < -0.39 is 29.7 Å². The van der Waals surface area contributed by atoms with E-state index in [4.69, 9.17) is 4.74 Å². The molecule has 0 spiro atoms. The van der Waals surface area contributed by atoms with E-state index in [1.54, 1.807) is 4.90 Å². The van der Waals surface area contributed by atoms with Crippen molar-refractivity contribution >= 4 is 29.4 Å². The van der Waals surface area contributed by atoms with Crippen LogP contribution >= 0.6 is 0 Å². The minimum absolute atomic E-state index is 0.0420. The van der Waals surface area contributed by atoms with Crippen LogP contribution in [0.4, 0.5) is 10.1 Å². The van der Waals surface area contributed by atoms with E-state index in [1.807, 2.05) is 24.3 Å². The van der Waals surface area contributed by atoms with Crippen LogP contribution < -0.4 is 4.90 Å². The van der Waals surface area contributed by atoms with Gasteiger partial charge in [0.05, 0.1) is 22.4 Å². The van der Waals surface area contributed by atoms with Gasteiger partial charge in [0.1, 0.15) is 5.82 Å². The van der Waals surface area contributed by atoms with Gasteiger partial charge in [0, 0.05) is 13.1 Å². The Bertz CT molecular complexity index is 1370. The number of imide groups is 1. The molecule has 176 valence electrons. The summed E-state index contributed by atoms with van der Waals surface area (Å²) in [6.07, 6.45) is -0.289. The number of fused-ring (bicyclic) bond motifs is 2. The Labute approximate surface area is 200 Å². The van der Waals surface area contributed by atoms with Crippen LogP contribution in [0, 0.1) is 5.82 Å². The predicted molar refractivity (Wildman–Crippen MR) is 124 cm³/mol. The van der Waals surface area contributed by atoms with E-state index in [-0.39, 0.29) is 28.3 Å². The molecular formula is C27H21FN2O5. The maximum absolute atomic E-state index is 13.3. The van der Waals surface area contributed by atoms with E-state index in [0.29, 0.717) is 13.1 Å². The number of anilines is 1. The minimum Gasteiger partial charge on any atom is -0.449 e. The van der Waals surface area contributed by atoms with E-state index in [9.17, 15) is 23.6 Å². The van der Waals surface area contributed by atoms with E-state index in [1.165, 1.54) is 42.8 Å². The zero-order valence-corrected chi connectivity index (χ0v) is 18.9. The second kappa shape index (κ2) is 8.79. The number of carbonyl (C=O) groups is 4. The number of hydrogen-bond acceptors (Lipinski definition) is 5. The lowest BCUT2D eigenvalue weighted by Gasteiger charge is -2.30. The van der Waals surface area contributed by atoms with Crippen LogP contribution in [0.3, 0.4) is 0 Å². The summed E-state index contributed by atoms with van der Waals surface area (Å²) in [6.45, 7) is 2.50. The lowest BCUT2D eigenvalue weighted by molar-refractivity contribution is -0.140. The van der Waals surface area contributed by atoms with Gasteiger partial charge in [-0.05, 0) is 66.9 Å². The Kier molecular flexibility index (Phi) is 5.64. The molecule has 0 aliphatic carbocycles. The Hall–Kier alpha value is -4.33. The molecule has 8 heteroatoms. The molecule has 3 aromatic rings. The highest BCUT2D eigenvalue weighted by molar-refractivity contribution is 6.34. The third-order valence-corrected chi connectivity index (χ3v) is 6.28. The van der Waals surface area contributed by atoms with E-state index in [0.717, 1.165) is 29.0 Å². The highest BCUT2D eigenvalue weighted by Gasteiger charge is 2.37. The molecule has 2 aliphatic heterocycles. The van der Waals surface area contributed by atoms with Gasteiger partial charge in [-0.1, -0.05) is 24.3 Å². The summed E-state index contributed by atoms with van der Waals surface area (Å²) in [5, 5.41) is 0. The molecule has 0 aromatic heterocycles. The number of amides is 3. The molecule has 0 N–H and O–H groups in total. The lowest BCUT2D eigenvalue weighted by Crippen LogP contribution is -2.42. The van der Waals surface area contributed by atoms with Crippen molar-refractivity contribution in [3.8, 4) is 0 Å². The van der Waals surface area contributed by atoms with Gasteiger partial charge < -0.3 is 9.64 Å². The topological polar surface area (TPSA) is 84.0 Å². The summed E-state index contributed by atoms with van der Waals surface area (Å²) in [5.41, 5.74) is 2.72. The molecule has 0 saturated heterocycles. The summed E-state index contributed by atoms with van der Waals surface area (Å²) in [4.78, 5) is 53.9. The zero-order chi connectivity index (χ0) is 24.7. The van der Waals surface area contributed by atoms with Crippen molar-refractivity contribution < 1.29 is 28.3 Å². The molecule has 0 radical (unpaired) electrons. The molecule has 2 heterocycles. The van der Waals surface area contributed by atoms with E-state index >= 15 is 0 Å². The Morgan fingerprint density at radius 3 is 2.34 bits per heavy atom. The maximum Gasteiger partial charge on any atom is 0.338 e. The zero-order valence-electron chi connectivity index (χ0n) is 18.9. The van der Waals surface area contributed by atoms with Crippen LogP contribution in [0.25, 0.3) is 0 Å². The molecule has 35 heavy (non-hydrogen) atoms. The van der Waals surface area contributed by atoms with Crippen LogP contribution in [-0.4, -0.2) is 41.2 Å². The van der Waals surface area contributed by atoms with Gasteiger partial charge in [-0.25, -0.2) is 14.1 Å². The Morgan fingerprint density at radius 2 is 1.60 bits per heavy atom. The van der Waals surface area contributed by atoms with Gasteiger partial charge in [0.25, 0.3) is 17.7 Å². The fourth-order valence-electron chi connectivity index (χ4n) is 4.41. The first-order valence-corrected chi connectivity index (χ1v) is 11.2. The fraction of sp³-hybridized carbons (Fsp3) is 0.185. The molecule has 0 fully saturated rings. The first kappa shape index (κ1) is 22.5. The van der Waals surface area contributed by atoms with Crippen molar-refractivity contribution in [1.82, 2.24) is 4.90 Å². The second-order valence-electron chi connectivity index (χ2n) is 8.51. The largest absolute Gasteiger partial charge is 0.449 e. The quantitative estimate of drug-likeness (QED) is 0.427. The van der Waals surface area contributed by atoms with Crippen molar-refractivity contribution in [3.05, 3.63) is 100 Å². The molecule has 0 saturated carbocycles. The van der Waals surface area contributed by atoms with Crippen molar-refractivity contribution in [2.24, 2.45) is 0 Å². The number of halogens is 1. The average molecular weight is 472 g/mol. The van der Waals surface area contributed by atoms with Crippen LogP contribution in [0.15, 0.2) is 66.7 Å². The molecule has 3 aromatic carbocycles. The van der Waals surface area contributed by atoms with Gasteiger partial charge in [-0.2, -0.15) is 0 Å². The lowest BCUT2D eigenvalue weighted by atomic mass is 9.99. The van der Waals surface area contributed by atoms with Crippen LogP contribution in [0.2, 0.25) is 0 Å². The van der Waals surface area contributed by atoms with Crippen LogP contribution in [0.5, 0.6) is 0 Å². The summed E-state index contributed by atoms with van der Waals surface area (Å²) >= 11 is 0. The molecule has 3 amide bonds. The van der Waals surface area contributed by atoms with Gasteiger partial charge >= 0.3 is 5.97 Å². The first-order valence-electron chi connectivity index (χ1n) is 11.2. The number of esters is 1. The van der Waals surface area contributed by atoms with Gasteiger partial charge in [0.15, 0.2) is 6.10 Å². The third-order valence-electron chi connectivity index (χ3n) is 6.28. The molecule has 7 nitrogen and oxygen atoms in total. The van der Waals surface area contributed by atoms with Gasteiger partial charge in [0.2, 0.25) is 0 Å². The van der Waals surface area contributed by atoms with Crippen molar-refractivity contribution in [2.45, 2.75) is 26.0 Å². The molecule has 1 unspecified atom stereocenters. The predicted octanol–water partition coefficient (Wildman–Crippen LogP) is 3.76. The number of benzene rings is 3. The van der Waals surface area contributed by atoms with Crippen molar-refractivity contribution in [3.63, 3.8) is 0 Å². The number of rotatable bonds is 4. The highest BCUT2D eigenvalue weighted by Crippen LogP contribution is 2.29.